The molecular weight excluding hydrogens is 464 g/mol. The van der Waals surface area contributed by atoms with Crippen molar-refractivity contribution in [3.63, 3.8) is 0 Å². The number of carbonyl (C=O) groups is 1. The maximum Gasteiger partial charge on any atom is 0.324 e. The number of piperidine rings is 1. The number of rotatable bonds is 8. The van der Waals surface area contributed by atoms with E-state index < -0.39 is 0 Å². The zero-order valence-electron chi connectivity index (χ0n) is 20.3. The topological polar surface area (TPSA) is 96.6 Å². The summed E-state index contributed by atoms with van der Waals surface area (Å²) in [5.41, 5.74) is 0.878. The molecule has 1 amide bonds. The lowest BCUT2D eigenvalue weighted by atomic mass is 9.96. The molecule has 0 spiro atoms. The Morgan fingerprint density at radius 3 is 2.71 bits per heavy atom. The molecule has 4 heterocycles. The van der Waals surface area contributed by atoms with Crippen molar-refractivity contribution in [2.75, 3.05) is 44.7 Å². The summed E-state index contributed by atoms with van der Waals surface area (Å²) in [4.78, 5) is 27.6. The molecular formula is C25H32N6O3S. The summed E-state index contributed by atoms with van der Waals surface area (Å²) < 4.78 is 10.7. The number of likely N-dealkylation sites (tertiary alicyclic amines) is 1. The van der Waals surface area contributed by atoms with E-state index in [-0.39, 0.29) is 11.8 Å². The number of carbonyl (C=O) groups excluding carboxylic acids is 1. The first-order valence-corrected chi connectivity index (χ1v) is 13.0. The average molecular weight is 497 g/mol. The van der Waals surface area contributed by atoms with Crippen molar-refractivity contribution in [2.24, 2.45) is 11.8 Å². The van der Waals surface area contributed by atoms with Crippen molar-refractivity contribution in [3.05, 3.63) is 40.3 Å². The van der Waals surface area contributed by atoms with Crippen LogP contribution in [0, 0.1) is 18.8 Å². The summed E-state index contributed by atoms with van der Waals surface area (Å²) >= 11 is 1.77. The number of anilines is 1. The molecule has 1 N–H and O–H groups in total. The number of hydrogen-bond donors (Lipinski definition) is 1. The van der Waals surface area contributed by atoms with E-state index in [9.17, 15) is 4.79 Å². The van der Waals surface area contributed by atoms with E-state index in [4.69, 9.17) is 9.26 Å². The maximum atomic E-state index is 12.8. The van der Waals surface area contributed by atoms with Crippen LogP contribution in [0.4, 0.5) is 6.01 Å². The highest BCUT2D eigenvalue weighted by molar-refractivity contribution is 7.11. The highest BCUT2D eigenvalue weighted by Gasteiger charge is 2.29. The molecule has 1 atom stereocenters. The van der Waals surface area contributed by atoms with Crippen LogP contribution in [-0.2, 0) is 11.3 Å². The summed E-state index contributed by atoms with van der Waals surface area (Å²) in [7, 11) is 1.64. The van der Waals surface area contributed by atoms with Gasteiger partial charge in [0.2, 0.25) is 11.7 Å². The third-order valence-corrected chi connectivity index (χ3v) is 7.78. The van der Waals surface area contributed by atoms with Crippen LogP contribution in [0.15, 0.2) is 35.0 Å². The molecule has 1 aromatic carbocycles. The lowest BCUT2D eigenvalue weighted by molar-refractivity contribution is -0.125. The molecule has 10 heteroatoms. The number of hydrogen-bond acceptors (Lipinski definition) is 9. The summed E-state index contributed by atoms with van der Waals surface area (Å²) in [5.74, 6) is 2.06. The third kappa shape index (κ3) is 5.82. The third-order valence-electron chi connectivity index (χ3n) is 6.88. The fourth-order valence-electron chi connectivity index (χ4n) is 4.85. The van der Waals surface area contributed by atoms with Crippen LogP contribution in [0.25, 0.3) is 11.4 Å². The zero-order valence-corrected chi connectivity index (χ0v) is 21.1. The van der Waals surface area contributed by atoms with Crippen LogP contribution in [0.3, 0.4) is 0 Å². The second kappa shape index (κ2) is 10.7. The van der Waals surface area contributed by atoms with Crippen LogP contribution in [0.2, 0.25) is 0 Å². The first-order chi connectivity index (χ1) is 17.1. The average Bonchev–Trinajstić information content (AvgIpc) is 3.65. The van der Waals surface area contributed by atoms with Crippen molar-refractivity contribution < 1.29 is 14.1 Å². The standard InChI is InChI=1S/C25H32N6O3S/c1-17-26-14-22(35-17)16-30-10-7-18(15-30)13-27-24(32)20-8-11-31(12-9-20)25-28-23(29-34-25)19-3-5-21(33-2)6-4-19/h3-6,14,18,20H,7-13,15-16H2,1-2H3,(H,27,32). The number of ether oxygens (including phenoxy) is 1. The molecule has 0 aliphatic carbocycles. The van der Waals surface area contributed by atoms with Crippen molar-refractivity contribution in [1.29, 1.82) is 0 Å². The molecule has 0 saturated carbocycles. The van der Waals surface area contributed by atoms with Gasteiger partial charge in [0.1, 0.15) is 5.75 Å². The Morgan fingerprint density at radius 2 is 2.00 bits per heavy atom. The number of methoxy groups -OCH3 is 1. The van der Waals surface area contributed by atoms with Crippen molar-refractivity contribution >= 4 is 23.3 Å². The van der Waals surface area contributed by atoms with Gasteiger partial charge in [-0.05, 0) is 62.9 Å². The van der Waals surface area contributed by atoms with Gasteiger partial charge in [0.05, 0.1) is 12.1 Å². The maximum absolute atomic E-state index is 12.8. The summed E-state index contributed by atoms with van der Waals surface area (Å²) in [6.07, 6.45) is 4.68. The summed E-state index contributed by atoms with van der Waals surface area (Å²) in [6, 6.07) is 8.08. The molecule has 1 unspecified atom stereocenters. The molecule has 2 fully saturated rings. The van der Waals surface area contributed by atoms with Gasteiger partial charge in [-0.3, -0.25) is 9.69 Å². The smallest absolute Gasteiger partial charge is 0.324 e. The minimum absolute atomic E-state index is 0.0351. The molecule has 2 aliphatic rings. The lowest BCUT2D eigenvalue weighted by Crippen LogP contribution is -2.42. The molecule has 5 rings (SSSR count). The minimum Gasteiger partial charge on any atom is -0.497 e. The normalized spacial score (nSPS) is 19.3. The number of nitrogens with zero attached hydrogens (tertiary/aromatic N) is 5. The van der Waals surface area contributed by atoms with Crippen molar-refractivity contribution in [1.82, 2.24) is 25.3 Å². The minimum atomic E-state index is 0.0351. The number of aromatic nitrogens is 3. The Hall–Kier alpha value is -2.98. The molecule has 2 aliphatic heterocycles. The number of benzene rings is 1. The van der Waals surface area contributed by atoms with Crippen LogP contribution in [0.1, 0.15) is 29.1 Å². The van der Waals surface area contributed by atoms with E-state index in [1.807, 2.05) is 37.4 Å². The molecule has 0 bridgehead atoms. The van der Waals surface area contributed by atoms with Gasteiger partial charge in [-0.15, -0.1) is 11.3 Å². The number of thiazole rings is 1. The van der Waals surface area contributed by atoms with E-state index in [1.165, 1.54) is 4.88 Å². The first-order valence-electron chi connectivity index (χ1n) is 12.2. The fourth-order valence-corrected chi connectivity index (χ4v) is 5.68. The highest BCUT2D eigenvalue weighted by Crippen LogP contribution is 2.26. The first kappa shape index (κ1) is 23.7. The predicted octanol–water partition coefficient (Wildman–Crippen LogP) is 3.36. The van der Waals surface area contributed by atoms with E-state index in [0.29, 0.717) is 17.8 Å². The Labute approximate surface area is 209 Å². The Bertz CT molecular complexity index is 1120. The van der Waals surface area contributed by atoms with Gasteiger partial charge < -0.3 is 19.5 Å². The predicted molar refractivity (Wildman–Crippen MR) is 134 cm³/mol. The van der Waals surface area contributed by atoms with Crippen LogP contribution < -0.4 is 15.0 Å². The number of amides is 1. The second-order valence-electron chi connectivity index (χ2n) is 9.37. The van der Waals surface area contributed by atoms with Gasteiger partial charge in [-0.25, -0.2) is 4.98 Å². The molecule has 35 heavy (non-hydrogen) atoms. The van der Waals surface area contributed by atoms with Gasteiger partial charge in [0.25, 0.3) is 0 Å². The Morgan fingerprint density at radius 1 is 1.20 bits per heavy atom. The highest BCUT2D eigenvalue weighted by atomic mass is 32.1. The largest absolute Gasteiger partial charge is 0.497 e. The Balaban J connectivity index is 1.05. The SMILES string of the molecule is COc1ccc(-c2noc(N3CCC(C(=O)NCC4CCN(Cc5cnc(C)s5)C4)CC3)n2)cc1. The molecule has 2 saturated heterocycles. The quantitative estimate of drug-likeness (QED) is 0.507. The van der Waals surface area contributed by atoms with Crippen LogP contribution >= 0.6 is 11.3 Å². The molecule has 2 aromatic heterocycles. The van der Waals surface area contributed by atoms with E-state index in [1.54, 1.807) is 18.4 Å². The van der Waals surface area contributed by atoms with Gasteiger partial charge in [-0.1, -0.05) is 5.16 Å². The molecule has 186 valence electrons. The van der Waals surface area contributed by atoms with E-state index in [0.717, 1.165) is 74.9 Å². The summed E-state index contributed by atoms with van der Waals surface area (Å²) in [5, 5.41) is 8.46. The van der Waals surface area contributed by atoms with Crippen LogP contribution in [-0.4, -0.2) is 65.8 Å². The molecule has 9 nitrogen and oxygen atoms in total. The Kier molecular flexibility index (Phi) is 7.29. The van der Waals surface area contributed by atoms with Gasteiger partial charge in [-0.2, -0.15) is 4.98 Å². The number of aryl methyl sites for hydroxylation is 1. The van der Waals surface area contributed by atoms with Crippen LogP contribution in [0.5, 0.6) is 5.75 Å². The van der Waals surface area contributed by atoms with E-state index in [2.05, 4.69) is 30.2 Å². The monoisotopic (exact) mass is 496 g/mol. The van der Waals surface area contributed by atoms with Gasteiger partial charge in [0.15, 0.2) is 0 Å². The second-order valence-corrected chi connectivity index (χ2v) is 10.7. The van der Waals surface area contributed by atoms with Gasteiger partial charge >= 0.3 is 6.01 Å². The summed E-state index contributed by atoms with van der Waals surface area (Å²) in [6.45, 7) is 7.34. The van der Waals surface area contributed by atoms with Crippen molar-refractivity contribution in [2.45, 2.75) is 32.7 Å². The lowest BCUT2D eigenvalue weighted by Gasteiger charge is -2.30. The van der Waals surface area contributed by atoms with E-state index >= 15 is 0 Å². The fraction of sp³-hybridized carbons (Fsp3) is 0.520. The molecule has 0 radical (unpaired) electrons. The molecule has 3 aromatic rings. The number of nitrogens with one attached hydrogen (secondary N) is 1. The van der Waals surface area contributed by atoms with Gasteiger partial charge in [0, 0.05) is 55.3 Å². The zero-order chi connectivity index (χ0) is 24.2. The van der Waals surface area contributed by atoms with Crippen molar-refractivity contribution in [3.8, 4) is 17.1 Å².